The van der Waals surface area contributed by atoms with Gasteiger partial charge in [-0.1, -0.05) is 34.1 Å². The molecule has 4 aromatic rings. The first kappa shape index (κ1) is 21.8. The second-order valence-corrected chi connectivity index (χ2v) is 8.18. The Labute approximate surface area is 193 Å². The van der Waals surface area contributed by atoms with Crippen molar-refractivity contribution < 1.29 is 9.53 Å². The largest absolute Gasteiger partial charge is 0.492 e. The third-order valence-corrected chi connectivity index (χ3v) is 5.53. The molecule has 0 aliphatic rings. The zero-order chi connectivity index (χ0) is 22.5. The van der Waals surface area contributed by atoms with Gasteiger partial charge in [0.05, 0.1) is 18.4 Å². The van der Waals surface area contributed by atoms with Crippen LogP contribution in [0.3, 0.4) is 0 Å². The lowest BCUT2D eigenvalue weighted by Gasteiger charge is -2.17. The van der Waals surface area contributed by atoms with Crippen molar-refractivity contribution in [1.29, 1.82) is 0 Å². The first-order chi connectivity index (χ1) is 15.5. The van der Waals surface area contributed by atoms with Crippen molar-refractivity contribution >= 4 is 32.9 Å². The highest BCUT2D eigenvalue weighted by molar-refractivity contribution is 9.10. The zero-order valence-corrected chi connectivity index (χ0v) is 19.1. The lowest BCUT2D eigenvalue weighted by molar-refractivity contribution is -0.130. The molecule has 0 fully saturated rings. The van der Waals surface area contributed by atoms with Crippen molar-refractivity contribution in [2.75, 3.05) is 20.2 Å². The van der Waals surface area contributed by atoms with E-state index >= 15 is 0 Å². The summed E-state index contributed by atoms with van der Waals surface area (Å²) < 4.78 is 8.28. The fraction of sp³-hybridized carbons (Fsp3) is 0.217. The molecule has 0 saturated heterocycles. The van der Waals surface area contributed by atoms with Crippen molar-refractivity contribution in [3.05, 3.63) is 81.4 Å². The van der Waals surface area contributed by atoms with Crippen LogP contribution in [-0.2, 0) is 11.2 Å². The molecule has 8 nitrogen and oxygen atoms in total. The summed E-state index contributed by atoms with van der Waals surface area (Å²) in [5.74, 6) is 1.15. The van der Waals surface area contributed by atoms with E-state index in [1.807, 2.05) is 54.6 Å². The summed E-state index contributed by atoms with van der Waals surface area (Å²) in [6, 6.07) is 17.0. The average molecular weight is 496 g/mol. The molecule has 32 heavy (non-hydrogen) atoms. The summed E-state index contributed by atoms with van der Waals surface area (Å²) in [5, 5.41) is 4.71. The van der Waals surface area contributed by atoms with Gasteiger partial charge in [-0.15, -0.1) is 0 Å². The lowest BCUT2D eigenvalue weighted by atomic mass is 10.2. The SMILES string of the molecule is CN(CCOc1ccc(Br)cc1)C(=O)CCc1nc2c(cnn2-c2ccccc2)c(=O)[nH]1. The number of halogens is 1. The fourth-order valence-corrected chi connectivity index (χ4v) is 3.48. The van der Waals surface area contributed by atoms with Crippen LogP contribution < -0.4 is 10.3 Å². The Hall–Kier alpha value is -3.46. The Bertz CT molecular complexity index is 1270. The van der Waals surface area contributed by atoms with E-state index in [-0.39, 0.29) is 17.9 Å². The molecule has 0 atom stereocenters. The molecule has 0 radical (unpaired) electrons. The predicted octanol–water partition coefficient (Wildman–Crippen LogP) is 3.34. The summed E-state index contributed by atoms with van der Waals surface area (Å²) in [4.78, 5) is 33.9. The highest BCUT2D eigenvalue weighted by Crippen LogP contribution is 2.16. The second kappa shape index (κ2) is 9.78. The summed E-state index contributed by atoms with van der Waals surface area (Å²) in [5.41, 5.74) is 1.02. The van der Waals surface area contributed by atoms with Gasteiger partial charge in [0.2, 0.25) is 5.91 Å². The number of likely N-dealkylation sites (N-methyl/N-ethyl adjacent to an activating group) is 1. The molecule has 2 aromatic heterocycles. The van der Waals surface area contributed by atoms with Gasteiger partial charge < -0.3 is 14.6 Å². The molecule has 0 aliphatic carbocycles. The van der Waals surface area contributed by atoms with Crippen LogP contribution >= 0.6 is 15.9 Å². The van der Waals surface area contributed by atoms with Gasteiger partial charge in [-0.2, -0.15) is 5.10 Å². The van der Waals surface area contributed by atoms with E-state index in [0.717, 1.165) is 15.9 Å². The van der Waals surface area contributed by atoms with Gasteiger partial charge in [0.25, 0.3) is 5.56 Å². The Morgan fingerprint density at radius 2 is 1.91 bits per heavy atom. The number of H-pyrrole nitrogens is 1. The number of carbonyl (C=O) groups is 1. The van der Waals surface area contributed by atoms with Gasteiger partial charge in [-0.3, -0.25) is 9.59 Å². The standard InChI is InChI=1S/C23H22BrN5O3/c1-28(13-14-32-18-9-7-16(24)8-10-18)21(30)12-11-20-26-22-19(23(31)27-20)15-25-29(22)17-5-3-2-4-6-17/h2-10,15H,11-14H2,1H3,(H,26,27,31). The van der Waals surface area contributed by atoms with Crippen LogP contribution in [0.4, 0.5) is 0 Å². The van der Waals surface area contributed by atoms with Crippen molar-refractivity contribution in [1.82, 2.24) is 24.6 Å². The molecule has 0 aliphatic heterocycles. The maximum atomic E-state index is 12.5. The van der Waals surface area contributed by atoms with Gasteiger partial charge in [0, 0.05) is 24.4 Å². The Morgan fingerprint density at radius 1 is 1.16 bits per heavy atom. The molecule has 2 aromatic carbocycles. The number of rotatable bonds is 8. The maximum Gasteiger partial charge on any atom is 0.262 e. The van der Waals surface area contributed by atoms with E-state index in [2.05, 4.69) is 31.0 Å². The maximum absolute atomic E-state index is 12.5. The van der Waals surface area contributed by atoms with Crippen LogP contribution in [0.5, 0.6) is 5.75 Å². The molecule has 0 bridgehead atoms. The van der Waals surface area contributed by atoms with Crippen LogP contribution in [0.2, 0.25) is 0 Å². The molecular weight excluding hydrogens is 474 g/mol. The Morgan fingerprint density at radius 3 is 2.66 bits per heavy atom. The summed E-state index contributed by atoms with van der Waals surface area (Å²) in [6.45, 7) is 0.847. The van der Waals surface area contributed by atoms with Crippen molar-refractivity contribution in [2.24, 2.45) is 0 Å². The second-order valence-electron chi connectivity index (χ2n) is 7.26. The molecule has 4 rings (SSSR count). The van der Waals surface area contributed by atoms with Gasteiger partial charge in [0.1, 0.15) is 23.6 Å². The van der Waals surface area contributed by atoms with Gasteiger partial charge in [-0.25, -0.2) is 9.67 Å². The predicted molar refractivity (Wildman–Crippen MR) is 125 cm³/mol. The van der Waals surface area contributed by atoms with Crippen molar-refractivity contribution in [3.63, 3.8) is 0 Å². The molecule has 0 saturated carbocycles. The number of hydrogen-bond donors (Lipinski definition) is 1. The summed E-state index contributed by atoms with van der Waals surface area (Å²) >= 11 is 3.38. The van der Waals surface area contributed by atoms with E-state index in [4.69, 9.17) is 4.74 Å². The lowest BCUT2D eigenvalue weighted by Crippen LogP contribution is -2.31. The summed E-state index contributed by atoms with van der Waals surface area (Å²) in [7, 11) is 1.73. The third-order valence-electron chi connectivity index (χ3n) is 5.00. The molecule has 1 amide bonds. The molecule has 164 valence electrons. The monoisotopic (exact) mass is 495 g/mol. The minimum absolute atomic E-state index is 0.0521. The number of ether oxygens (including phenoxy) is 1. The first-order valence-corrected chi connectivity index (χ1v) is 11.0. The van der Waals surface area contributed by atoms with Crippen LogP contribution in [0.1, 0.15) is 12.2 Å². The molecule has 1 N–H and O–H groups in total. The van der Waals surface area contributed by atoms with E-state index < -0.39 is 0 Å². The number of aromatic nitrogens is 4. The molecular formula is C23H22BrN5O3. The van der Waals surface area contributed by atoms with Crippen molar-refractivity contribution in [3.8, 4) is 11.4 Å². The molecule has 9 heteroatoms. The number of fused-ring (bicyclic) bond motifs is 1. The average Bonchev–Trinajstić information content (AvgIpc) is 3.24. The fourth-order valence-electron chi connectivity index (χ4n) is 3.21. The number of aromatic amines is 1. The number of hydrogen-bond acceptors (Lipinski definition) is 5. The summed E-state index contributed by atoms with van der Waals surface area (Å²) in [6.07, 6.45) is 2.05. The van der Waals surface area contributed by atoms with Crippen molar-refractivity contribution in [2.45, 2.75) is 12.8 Å². The van der Waals surface area contributed by atoms with Gasteiger partial charge in [-0.05, 0) is 36.4 Å². The highest BCUT2D eigenvalue weighted by Gasteiger charge is 2.14. The number of carbonyl (C=O) groups excluding carboxylic acids is 1. The zero-order valence-electron chi connectivity index (χ0n) is 17.5. The van der Waals surface area contributed by atoms with E-state index in [9.17, 15) is 9.59 Å². The minimum Gasteiger partial charge on any atom is -0.492 e. The Kier molecular flexibility index (Phi) is 6.65. The first-order valence-electron chi connectivity index (χ1n) is 10.2. The molecule has 0 unspecified atom stereocenters. The molecule has 0 spiro atoms. The number of benzene rings is 2. The highest BCUT2D eigenvalue weighted by atomic mass is 79.9. The number of amides is 1. The normalized spacial score (nSPS) is 10.9. The number of para-hydroxylation sites is 1. The smallest absolute Gasteiger partial charge is 0.262 e. The van der Waals surface area contributed by atoms with Crippen LogP contribution in [-0.4, -0.2) is 50.8 Å². The number of nitrogens with one attached hydrogen (secondary N) is 1. The number of nitrogens with zero attached hydrogens (tertiary/aromatic N) is 4. The quantitative estimate of drug-likeness (QED) is 0.404. The minimum atomic E-state index is -0.268. The van der Waals surface area contributed by atoms with Crippen LogP contribution in [0.25, 0.3) is 16.7 Å². The van der Waals surface area contributed by atoms with Gasteiger partial charge >= 0.3 is 0 Å². The Balaban J connectivity index is 1.37. The molecule has 2 heterocycles. The topological polar surface area (TPSA) is 93.1 Å². The van der Waals surface area contributed by atoms with E-state index in [1.165, 1.54) is 6.20 Å². The number of aryl methyl sites for hydroxylation is 1. The van der Waals surface area contributed by atoms with E-state index in [1.54, 1.807) is 16.6 Å². The van der Waals surface area contributed by atoms with E-state index in [0.29, 0.717) is 36.4 Å². The van der Waals surface area contributed by atoms with Crippen LogP contribution in [0, 0.1) is 0 Å². The van der Waals surface area contributed by atoms with Gasteiger partial charge in [0.15, 0.2) is 5.65 Å². The van der Waals surface area contributed by atoms with Crippen LogP contribution in [0.15, 0.2) is 70.1 Å². The third kappa shape index (κ3) is 5.05.